The van der Waals surface area contributed by atoms with Crippen molar-refractivity contribution >= 4 is 17.9 Å². The van der Waals surface area contributed by atoms with E-state index in [2.05, 4.69) is 0 Å². The van der Waals surface area contributed by atoms with Gasteiger partial charge in [-0.05, 0) is 38.2 Å². The zero-order valence-electron chi connectivity index (χ0n) is 32.3. The average Bonchev–Trinajstić information content (AvgIpc) is 3.02. The molecule has 0 aromatic rings. The Labute approximate surface area is 299 Å². The number of carbonyl (C=O) groups excluding carboxylic acids is 3. The number of hydrogen-bond acceptors (Lipinski definition) is 11. The molecule has 11 heteroatoms. The molecule has 0 aliphatic carbocycles. The Morgan fingerprint density at radius 2 is 1.62 bits per heavy atom. The summed E-state index contributed by atoms with van der Waals surface area (Å²) in [4.78, 5) is 37.7. The molecule has 2 aliphatic heterocycles. The molecule has 0 saturated carbocycles. The van der Waals surface area contributed by atoms with Crippen LogP contribution < -0.4 is 0 Å². The molecule has 2 rings (SSSR count). The normalized spacial score (nSPS) is 37.4. The third-order valence-electron chi connectivity index (χ3n) is 10.0. The molecule has 0 bridgehead atoms. The molecule has 1 saturated heterocycles. The van der Waals surface area contributed by atoms with Gasteiger partial charge in [-0.25, -0.2) is 4.79 Å². The summed E-state index contributed by atoms with van der Waals surface area (Å²) in [6.45, 7) is 19.7. The van der Waals surface area contributed by atoms with E-state index in [1.165, 1.54) is 28.1 Å². The van der Waals surface area contributed by atoms with Gasteiger partial charge in [-0.15, -0.1) is 0 Å². The van der Waals surface area contributed by atoms with E-state index < -0.39 is 66.2 Å². The monoisotopic (exact) mass is 706 g/mol. The fraction of sp³-hybridized carbons (Fsp3) is 0.718. The van der Waals surface area contributed by atoms with E-state index in [9.17, 15) is 24.6 Å². The molecule has 0 unspecified atom stereocenters. The van der Waals surface area contributed by atoms with Gasteiger partial charge >= 0.3 is 17.9 Å². The summed E-state index contributed by atoms with van der Waals surface area (Å²) >= 11 is 0. The van der Waals surface area contributed by atoms with Crippen LogP contribution in [0.25, 0.3) is 0 Å². The van der Waals surface area contributed by atoms with Crippen molar-refractivity contribution < 1.29 is 53.0 Å². The first-order valence-corrected chi connectivity index (χ1v) is 17.7. The molecule has 2 heterocycles. The molecule has 0 aromatic carbocycles. The van der Waals surface area contributed by atoms with Crippen LogP contribution in [0.3, 0.4) is 0 Å². The maximum absolute atomic E-state index is 13.7. The molecule has 50 heavy (non-hydrogen) atoms. The first kappa shape index (κ1) is 43.2. The Morgan fingerprint density at radius 3 is 2.16 bits per heavy atom. The minimum Gasteiger partial charge on any atom is -0.490 e. The predicted octanol–water partition coefficient (Wildman–Crippen LogP) is 5.83. The molecule has 0 radical (unpaired) electrons. The Hall–Kier alpha value is -2.99. The number of rotatable bonds is 9. The summed E-state index contributed by atoms with van der Waals surface area (Å²) in [5, 5.41) is 23.8. The topological polar surface area (TPSA) is 147 Å². The lowest BCUT2D eigenvalue weighted by Gasteiger charge is -2.50. The lowest BCUT2D eigenvalue weighted by atomic mass is 9.76. The van der Waals surface area contributed by atoms with Gasteiger partial charge in [0.1, 0.15) is 24.4 Å². The summed E-state index contributed by atoms with van der Waals surface area (Å²) in [7, 11) is 2.85. The lowest BCUT2D eigenvalue weighted by molar-refractivity contribution is -0.329. The SMILES string of the molecule is CO/C1=C\C(C)=C\[C@@H](C)[C@@H](OC(C)=O)[C@@H](C)C/C(C)=C/C=C/[C@@H](OC)[C@H]([C@H](C)[C@H](O)[C@H](C)[C@@]2(O)C[C@@H](OC(C)=O)[C@H](C)[C@@H](C(C)C)O2)OC1=O. The van der Waals surface area contributed by atoms with E-state index in [4.69, 9.17) is 28.4 Å². The minimum atomic E-state index is -1.85. The highest BCUT2D eigenvalue weighted by Gasteiger charge is 2.53. The first-order chi connectivity index (χ1) is 23.3. The van der Waals surface area contributed by atoms with Crippen LogP contribution in [0.4, 0.5) is 0 Å². The summed E-state index contributed by atoms with van der Waals surface area (Å²) in [6.07, 6.45) is 4.99. The first-order valence-electron chi connectivity index (χ1n) is 17.7. The van der Waals surface area contributed by atoms with Gasteiger partial charge in [0.15, 0.2) is 5.79 Å². The smallest absolute Gasteiger partial charge is 0.373 e. The number of esters is 3. The number of hydrogen-bond donors (Lipinski definition) is 2. The van der Waals surface area contributed by atoms with Crippen molar-refractivity contribution in [3.05, 3.63) is 47.3 Å². The number of allylic oxidation sites excluding steroid dienone is 5. The van der Waals surface area contributed by atoms with Gasteiger partial charge in [-0.2, -0.15) is 0 Å². The maximum Gasteiger partial charge on any atom is 0.373 e. The van der Waals surface area contributed by atoms with Gasteiger partial charge in [0.05, 0.1) is 19.3 Å². The van der Waals surface area contributed by atoms with Crippen LogP contribution in [0, 0.1) is 35.5 Å². The molecule has 0 aromatic heterocycles. The Kier molecular flexibility index (Phi) is 16.4. The second-order valence-electron chi connectivity index (χ2n) is 14.7. The van der Waals surface area contributed by atoms with Gasteiger partial charge < -0.3 is 38.6 Å². The number of ether oxygens (including phenoxy) is 6. The summed E-state index contributed by atoms with van der Waals surface area (Å²) in [5.74, 6) is -5.62. The van der Waals surface area contributed by atoms with Gasteiger partial charge in [0.25, 0.3) is 0 Å². The molecule has 11 nitrogen and oxygen atoms in total. The molecule has 12 atom stereocenters. The fourth-order valence-electron chi connectivity index (χ4n) is 7.29. The average molecular weight is 707 g/mol. The molecule has 0 spiro atoms. The third-order valence-corrected chi connectivity index (χ3v) is 10.0. The Morgan fingerprint density at radius 1 is 1.00 bits per heavy atom. The third kappa shape index (κ3) is 11.5. The Balaban J connectivity index is 2.58. The van der Waals surface area contributed by atoms with Crippen LogP contribution in [0.15, 0.2) is 47.3 Å². The largest absolute Gasteiger partial charge is 0.490 e. The molecular formula is C39H62O11. The van der Waals surface area contributed by atoms with Crippen molar-refractivity contribution in [1.29, 1.82) is 0 Å². The second-order valence-corrected chi connectivity index (χ2v) is 14.7. The van der Waals surface area contributed by atoms with E-state index in [0.717, 1.165) is 5.57 Å². The molecule has 2 aliphatic rings. The summed E-state index contributed by atoms with van der Waals surface area (Å²) in [6, 6.07) is 0. The lowest BCUT2D eigenvalue weighted by Crippen LogP contribution is -2.59. The molecule has 0 amide bonds. The van der Waals surface area contributed by atoms with Crippen LogP contribution in [0.5, 0.6) is 0 Å². The number of methoxy groups -OCH3 is 2. The van der Waals surface area contributed by atoms with E-state index in [1.54, 1.807) is 26.0 Å². The van der Waals surface area contributed by atoms with E-state index >= 15 is 0 Å². The van der Waals surface area contributed by atoms with E-state index in [-0.39, 0.29) is 41.8 Å². The van der Waals surface area contributed by atoms with Crippen LogP contribution in [-0.4, -0.2) is 84.8 Å². The number of cyclic esters (lactones) is 1. The van der Waals surface area contributed by atoms with Crippen molar-refractivity contribution in [1.82, 2.24) is 0 Å². The maximum atomic E-state index is 13.7. The van der Waals surface area contributed by atoms with Gasteiger partial charge in [0.2, 0.25) is 5.76 Å². The van der Waals surface area contributed by atoms with Crippen LogP contribution in [0.2, 0.25) is 0 Å². The quantitative estimate of drug-likeness (QED) is 0.220. The Bertz CT molecular complexity index is 1280. The summed E-state index contributed by atoms with van der Waals surface area (Å²) < 4.78 is 35.0. The zero-order chi connectivity index (χ0) is 38.1. The van der Waals surface area contributed by atoms with Crippen molar-refractivity contribution in [2.24, 2.45) is 35.5 Å². The second kappa shape index (κ2) is 19.0. The number of carbonyl (C=O) groups is 3. The molecule has 2 N–H and O–H groups in total. The van der Waals surface area contributed by atoms with Crippen molar-refractivity contribution in [2.45, 2.75) is 131 Å². The van der Waals surface area contributed by atoms with Crippen molar-refractivity contribution in [3.8, 4) is 0 Å². The van der Waals surface area contributed by atoms with Crippen molar-refractivity contribution in [2.75, 3.05) is 14.2 Å². The van der Waals surface area contributed by atoms with Crippen LogP contribution in [-0.2, 0) is 42.8 Å². The van der Waals surface area contributed by atoms with E-state index in [0.29, 0.717) is 12.0 Å². The van der Waals surface area contributed by atoms with Crippen molar-refractivity contribution in [3.63, 3.8) is 0 Å². The van der Waals surface area contributed by atoms with Crippen LogP contribution in [0.1, 0.15) is 89.0 Å². The minimum absolute atomic E-state index is 0.0134. The molecule has 284 valence electrons. The highest BCUT2D eigenvalue weighted by atomic mass is 16.6. The highest BCUT2D eigenvalue weighted by molar-refractivity contribution is 5.87. The number of aliphatic hydroxyl groups is 2. The van der Waals surface area contributed by atoms with Gasteiger partial charge in [0, 0.05) is 51.0 Å². The van der Waals surface area contributed by atoms with Gasteiger partial charge in [-0.3, -0.25) is 9.59 Å². The van der Waals surface area contributed by atoms with Gasteiger partial charge in [-0.1, -0.05) is 83.9 Å². The number of aliphatic hydroxyl groups excluding tert-OH is 1. The van der Waals surface area contributed by atoms with E-state index in [1.807, 2.05) is 66.7 Å². The zero-order valence-corrected chi connectivity index (χ0v) is 32.3. The highest BCUT2D eigenvalue weighted by Crippen LogP contribution is 2.42. The van der Waals surface area contributed by atoms with Crippen LogP contribution >= 0.6 is 0 Å². The summed E-state index contributed by atoms with van der Waals surface area (Å²) in [5.41, 5.74) is 1.73. The molecular weight excluding hydrogens is 644 g/mol. The standard InChI is InChI=1S/C39H62O11/c1-21(2)35-26(7)33(47-29(10)40)20-39(44,50-35)28(9)34(42)27(8)37-31(45-12)16-14-15-22(3)17-24(5)36(48-30(11)41)25(6)18-23(4)19-32(46-13)38(43)49-37/h14-16,18-19,21,24-28,31,33-37,42,44H,17,20H2,1-13H3/b16-14+,22-15+,23-18+,32-19-/t24-,25+,26-,27+,28-,31+,33+,34-,35+,36-,37-,39+/m0/s1. The fourth-order valence-corrected chi connectivity index (χ4v) is 7.29. The predicted molar refractivity (Wildman–Crippen MR) is 189 cm³/mol. The molecule has 1 fully saturated rings.